The molecule has 0 amide bonds. The van der Waals surface area contributed by atoms with Crippen molar-refractivity contribution in [2.24, 2.45) is 0 Å². The van der Waals surface area contributed by atoms with Crippen LogP contribution in [0.2, 0.25) is 0 Å². The van der Waals surface area contributed by atoms with Crippen LogP contribution in [-0.2, 0) is 12.4 Å². The Morgan fingerprint density at radius 1 is 0.882 bits per heavy atom. The first-order valence-corrected chi connectivity index (χ1v) is 9.45. The highest BCUT2D eigenvalue weighted by Crippen LogP contribution is 2.36. The second kappa shape index (κ2) is 8.28. The van der Waals surface area contributed by atoms with Gasteiger partial charge >= 0.3 is 18.3 Å². The average molecular weight is 478 g/mol. The van der Waals surface area contributed by atoms with Gasteiger partial charge in [0.05, 0.1) is 22.3 Å². The number of aromatic carboxylic acids is 1. The van der Waals surface area contributed by atoms with Crippen LogP contribution >= 0.6 is 0 Å². The Balaban J connectivity index is 1.81. The van der Waals surface area contributed by atoms with Crippen molar-refractivity contribution >= 4 is 28.4 Å². The van der Waals surface area contributed by atoms with E-state index in [-0.39, 0.29) is 28.1 Å². The third-order valence-corrected chi connectivity index (χ3v) is 4.74. The number of carbonyl (C=O) groups is 1. The molecule has 0 saturated carbocycles. The zero-order chi connectivity index (χ0) is 24.7. The van der Waals surface area contributed by atoms with E-state index >= 15 is 0 Å². The lowest BCUT2D eigenvalue weighted by Gasteiger charge is -2.14. The molecule has 4 aromatic rings. The summed E-state index contributed by atoms with van der Waals surface area (Å²) >= 11 is 0. The molecule has 0 saturated heterocycles. The molecule has 34 heavy (non-hydrogen) atoms. The van der Waals surface area contributed by atoms with Crippen LogP contribution in [0, 0.1) is 0 Å². The molecular formula is C22H12F6N4O2. The van der Waals surface area contributed by atoms with Crippen LogP contribution in [-0.4, -0.2) is 26.0 Å². The predicted octanol–water partition coefficient (Wildman–Crippen LogP) is 6.17. The number of pyridine rings is 3. The number of hydrogen-bond acceptors (Lipinski definition) is 5. The minimum Gasteiger partial charge on any atom is -0.477 e. The van der Waals surface area contributed by atoms with Crippen molar-refractivity contribution < 1.29 is 36.2 Å². The molecule has 0 aliphatic rings. The minimum absolute atomic E-state index is 0.00177. The van der Waals surface area contributed by atoms with E-state index < -0.39 is 40.8 Å². The lowest BCUT2D eigenvalue weighted by molar-refractivity contribution is -0.138. The van der Waals surface area contributed by atoms with Crippen molar-refractivity contribution in [3.63, 3.8) is 0 Å². The van der Waals surface area contributed by atoms with Crippen LogP contribution in [0.3, 0.4) is 0 Å². The second-order valence-electron chi connectivity index (χ2n) is 7.02. The van der Waals surface area contributed by atoms with Gasteiger partial charge in [-0.3, -0.25) is 4.98 Å². The quantitative estimate of drug-likeness (QED) is 0.341. The maximum Gasteiger partial charge on any atom is 0.418 e. The van der Waals surface area contributed by atoms with Gasteiger partial charge in [0.2, 0.25) is 0 Å². The SMILES string of the molecule is O=C(O)c1cc2nc(-c3ncccc3C(F)(F)F)ccc2c(Nc2ccc(C(F)(F)F)cc2)n1. The predicted molar refractivity (Wildman–Crippen MR) is 109 cm³/mol. The standard InChI is InChI=1S/C22H12F6N4O2/c23-21(24,25)11-3-5-12(6-4-11)30-19-13-7-8-15(31-16(13)10-17(32-19)20(33)34)18-14(22(26,27)28)2-1-9-29-18/h1-10H,(H,30,32)(H,33,34). The second-order valence-corrected chi connectivity index (χ2v) is 7.02. The van der Waals surface area contributed by atoms with Gasteiger partial charge in [-0.05, 0) is 54.6 Å². The summed E-state index contributed by atoms with van der Waals surface area (Å²) in [4.78, 5) is 23.4. The molecule has 174 valence electrons. The number of fused-ring (bicyclic) bond motifs is 1. The Hall–Kier alpha value is -4.22. The summed E-state index contributed by atoms with van der Waals surface area (Å²) in [6.45, 7) is 0. The Morgan fingerprint density at radius 2 is 1.59 bits per heavy atom. The van der Waals surface area contributed by atoms with Gasteiger partial charge in [0.25, 0.3) is 0 Å². The fourth-order valence-corrected chi connectivity index (χ4v) is 3.18. The van der Waals surface area contributed by atoms with Crippen LogP contribution in [0.1, 0.15) is 21.6 Å². The van der Waals surface area contributed by atoms with Gasteiger partial charge in [-0.25, -0.2) is 14.8 Å². The Bertz CT molecular complexity index is 1390. The van der Waals surface area contributed by atoms with Crippen LogP contribution < -0.4 is 5.32 Å². The summed E-state index contributed by atoms with van der Waals surface area (Å²) in [5.74, 6) is -1.48. The molecule has 6 nitrogen and oxygen atoms in total. The van der Waals surface area contributed by atoms with E-state index in [0.717, 1.165) is 42.5 Å². The number of rotatable bonds is 4. The Kier molecular flexibility index (Phi) is 5.59. The molecule has 3 aromatic heterocycles. The van der Waals surface area contributed by atoms with Gasteiger partial charge < -0.3 is 10.4 Å². The lowest BCUT2D eigenvalue weighted by atomic mass is 10.1. The van der Waals surface area contributed by atoms with Crippen molar-refractivity contribution in [3.8, 4) is 11.4 Å². The maximum atomic E-state index is 13.4. The zero-order valence-electron chi connectivity index (χ0n) is 16.7. The highest BCUT2D eigenvalue weighted by Gasteiger charge is 2.34. The number of anilines is 2. The van der Waals surface area contributed by atoms with Crippen LogP contribution in [0.5, 0.6) is 0 Å². The van der Waals surface area contributed by atoms with Crippen molar-refractivity contribution in [1.82, 2.24) is 15.0 Å². The van der Waals surface area contributed by atoms with Crippen molar-refractivity contribution in [2.45, 2.75) is 12.4 Å². The van der Waals surface area contributed by atoms with E-state index in [2.05, 4.69) is 20.3 Å². The third-order valence-electron chi connectivity index (χ3n) is 4.74. The summed E-state index contributed by atoms with van der Waals surface area (Å²) in [6, 6.07) is 9.63. The van der Waals surface area contributed by atoms with Crippen molar-refractivity contribution in [2.75, 3.05) is 5.32 Å². The highest BCUT2D eigenvalue weighted by atomic mass is 19.4. The molecule has 0 aliphatic heterocycles. The monoisotopic (exact) mass is 478 g/mol. The topological polar surface area (TPSA) is 88.0 Å². The average Bonchev–Trinajstić information content (AvgIpc) is 2.77. The van der Waals surface area contributed by atoms with E-state index in [1.165, 1.54) is 18.3 Å². The largest absolute Gasteiger partial charge is 0.477 e. The van der Waals surface area contributed by atoms with E-state index in [1.54, 1.807) is 0 Å². The van der Waals surface area contributed by atoms with Gasteiger partial charge in [-0.1, -0.05) is 0 Å². The molecule has 0 radical (unpaired) electrons. The van der Waals surface area contributed by atoms with Crippen molar-refractivity contribution in [1.29, 1.82) is 0 Å². The molecular weight excluding hydrogens is 466 g/mol. The summed E-state index contributed by atoms with van der Waals surface area (Å²) in [5.41, 5.74) is -2.78. The van der Waals surface area contributed by atoms with Gasteiger partial charge in [-0.15, -0.1) is 0 Å². The van der Waals surface area contributed by atoms with Gasteiger partial charge in [0.15, 0.2) is 5.69 Å². The summed E-state index contributed by atoms with van der Waals surface area (Å²) in [6.07, 6.45) is -8.06. The fourth-order valence-electron chi connectivity index (χ4n) is 3.18. The maximum absolute atomic E-state index is 13.4. The minimum atomic E-state index is -4.69. The molecule has 0 atom stereocenters. The van der Waals surface area contributed by atoms with E-state index in [0.29, 0.717) is 0 Å². The van der Waals surface area contributed by atoms with E-state index in [4.69, 9.17) is 0 Å². The first-order chi connectivity index (χ1) is 15.9. The van der Waals surface area contributed by atoms with Gasteiger partial charge in [-0.2, -0.15) is 26.3 Å². The molecule has 0 aliphatic carbocycles. The van der Waals surface area contributed by atoms with Crippen LogP contribution in [0.15, 0.2) is 60.8 Å². The Labute approximate surface area is 186 Å². The summed E-state index contributed by atoms with van der Waals surface area (Å²) in [5, 5.41) is 12.4. The Morgan fingerprint density at radius 3 is 2.21 bits per heavy atom. The van der Waals surface area contributed by atoms with Crippen LogP contribution in [0.25, 0.3) is 22.3 Å². The number of carboxylic acid groups (broad SMARTS) is 1. The lowest BCUT2D eigenvalue weighted by Crippen LogP contribution is -2.09. The molecule has 12 heteroatoms. The number of halogens is 6. The highest BCUT2D eigenvalue weighted by molar-refractivity contribution is 5.97. The first kappa shape index (κ1) is 23.0. The number of nitrogens with one attached hydrogen (secondary N) is 1. The normalized spacial score (nSPS) is 12.1. The molecule has 0 fully saturated rings. The number of hydrogen-bond donors (Lipinski definition) is 2. The molecule has 2 N–H and O–H groups in total. The summed E-state index contributed by atoms with van der Waals surface area (Å²) < 4.78 is 78.6. The molecule has 1 aromatic carbocycles. The molecule has 4 rings (SSSR count). The number of benzene rings is 1. The number of carboxylic acids is 1. The van der Waals surface area contributed by atoms with Gasteiger partial charge in [0, 0.05) is 17.3 Å². The number of nitrogens with zero attached hydrogens (tertiary/aromatic N) is 3. The van der Waals surface area contributed by atoms with Gasteiger partial charge in [0.1, 0.15) is 11.5 Å². The first-order valence-electron chi connectivity index (χ1n) is 9.45. The van der Waals surface area contributed by atoms with Crippen LogP contribution in [0.4, 0.5) is 37.8 Å². The van der Waals surface area contributed by atoms with E-state index in [1.807, 2.05) is 0 Å². The molecule has 0 spiro atoms. The fraction of sp³-hybridized carbons (Fsp3) is 0.0909. The molecule has 0 bridgehead atoms. The van der Waals surface area contributed by atoms with Crippen molar-refractivity contribution in [3.05, 3.63) is 77.6 Å². The summed E-state index contributed by atoms with van der Waals surface area (Å²) in [7, 11) is 0. The third kappa shape index (κ3) is 4.60. The smallest absolute Gasteiger partial charge is 0.418 e. The number of aromatic nitrogens is 3. The number of alkyl halides is 6. The zero-order valence-corrected chi connectivity index (χ0v) is 16.7. The van der Waals surface area contributed by atoms with E-state index in [9.17, 15) is 36.2 Å². The molecule has 3 heterocycles. The molecule has 0 unspecified atom stereocenters.